The molecule has 1 aliphatic carbocycles. The van der Waals surface area contributed by atoms with Gasteiger partial charge in [0.05, 0.1) is 5.69 Å². The second-order valence-corrected chi connectivity index (χ2v) is 11.9. The average Bonchev–Trinajstić information content (AvgIpc) is 3.56. The molecule has 0 spiro atoms. The molecule has 16 heteroatoms. The summed E-state index contributed by atoms with van der Waals surface area (Å²) in [5.41, 5.74) is 7.36. The molecule has 5 N–H and O–H groups in total. The van der Waals surface area contributed by atoms with Gasteiger partial charge in [-0.3, -0.25) is 9.32 Å². The molecule has 2 unspecified atom stereocenters. The minimum Gasteiger partial charge on any atom is -0.574 e. The van der Waals surface area contributed by atoms with Crippen LogP contribution in [-0.2, 0) is 14.3 Å². The number of carbonyl (C=O) groups excluding carboxylic acids is 1. The standard InChI is InChI=1S/C28H34N7O8P/c1-16-3-5-19(6-4-16)41-27(38)17(2)33-34-44(39)43-20-9-7-18(8-10-20)40-14-28(13-29)25(37)23(36)24(42-28)21-11-12-22-26(30)31-15-32-35(21)22/h7-12,15-17,19,23-25,33,36-37H,3-6,14H2,1-2H3,(H2,30,31,32)/t16?,17?,19?,23-,24-,25-,28+/m0/s1. The highest BCUT2D eigenvalue weighted by Crippen LogP contribution is 2.41. The first-order valence-corrected chi connectivity index (χ1v) is 15.3. The van der Waals surface area contributed by atoms with Crippen LogP contribution < -0.4 is 25.3 Å². The zero-order valence-electron chi connectivity index (χ0n) is 24.1. The molecule has 0 amide bonds. The lowest BCUT2D eigenvalue weighted by Crippen LogP contribution is -2.46. The molecule has 6 atom stereocenters. The predicted octanol–water partition coefficient (Wildman–Crippen LogP) is 1.70. The van der Waals surface area contributed by atoms with E-state index >= 15 is 0 Å². The fraction of sp³-hybridized carbons (Fsp3) is 0.500. The van der Waals surface area contributed by atoms with Crippen molar-refractivity contribution < 1.29 is 38.6 Å². The number of esters is 1. The normalized spacial score (nSPS) is 27.9. The molecule has 44 heavy (non-hydrogen) atoms. The smallest absolute Gasteiger partial charge is 0.412 e. The van der Waals surface area contributed by atoms with Gasteiger partial charge >= 0.3 is 14.1 Å². The Labute approximate surface area is 254 Å². The highest BCUT2D eigenvalue weighted by molar-refractivity contribution is 7.33. The highest BCUT2D eigenvalue weighted by atomic mass is 31.1. The van der Waals surface area contributed by atoms with Gasteiger partial charge in [-0.05, 0) is 74.9 Å². The minimum absolute atomic E-state index is 0.110. The Morgan fingerprint density at radius 3 is 2.68 bits per heavy atom. The molecule has 3 heterocycles. The van der Waals surface area contributed by atoms with Gasteiger partial charge in [0, 0.05) is 4.85 Å². The number of nitrogens with two attached hydrogens (primary N) is 1. The number of nitriles is 1. The van der Waals surface area contributed by atoms with Gasteiger partial charge in [-0.15, -0.1) is 0 Å². The molecule has 234 valence electrons. The second-order valence-electron chi connectivity index (χ2n) is 11.0. The van der Waals surface area contributed by atoms with E-state index in [0.29, 0.717) is 17.1 Å². The van der Waals surface area contributed by atoms with Gasteiger partial charge in [-0.25, -0.2) is 9.50 Å². The van der Waals surface area contributed by atoms with E-state index in [-0.39, 0.29) is 23.4 Å². The third-order valence-corrected chi connectivity index (χ3v) is 8.48. The number of aliphatic hydroxyl groups is 2. The van der Waals surface area contributed by atoms with Gasteiger partial charge in [0.2, 0.25) is 5.60 Å². The zero-order valence-corrected chi connectivity index (χ0v) is 25.0. The van der Waals surface area contributed by atoms with E-state index < -0.39 is 50.7 Å². The number of anilines is 1. The number of rotatable bonds is 10. The van der Waals surface area contributed by atoms with Crippen LogP contribution in [-0.4, -0.2) is 67.3 Å². The van der Waals surface area contributed by atoms with Gasteiger partial charge in [0.1, 0.15) is 60.7 Å². The first kappa shape index (κ1) is 31.5. The van der Waals surface area contributed by atoms with Crippen LogP contribution in [0.25, 0.3) is 5.52 Å². The number of aromatic nitrogens is 3. The molecular weight excluding hydrogens is 593 g/mol. The van der Waals surface area contributed by atoms with E-state index in [1.165, 1.54) is 35.1 Å². The van der Waals surface area contributed by atoms with Crippen molar-refractivity contribution in [3.05, 3.63) is 48.4 Å². The van der Waals surface area contributed by atoms with E-state index in [1.54, 1.807) is 19.1 Å². The maximum atomic E-state index is 12.3. The minimum atomic E-state index is -2.55. The molecule has 1 aliphatic heterocycles. The van der Waals surface area contributed by atoms with E-state index in [4.69, 9.17) is 24.5 Å². The molecule has 2 aromatic heterocycles. The van der Waals surface area contributed by atoms with Crippen molar-refractivity contribution in [2.45, 2.75) is 75.6 Å². The van der Waals surface area contributed by atoms with E-state index in [9.17, 15) is 25.2 Å². The molecule has 1 aromatic carbocycles. The Morgan fingerprint density at radius 2 is 1.98 bits per heavy atom. The molecule has 5 rings (SSSR count). The average molecular weight is 628 g/mol. The Morgan fingerprint density at radius 1 is 1.27 bits per heavy atom. The summed E-state index contributed by atoms with van der Waals surface area (Å²) in [6.07, 6.45) is 0.670. The van der Waals surface area contributed by atoms with Crippen molar-refractivity contribution in [2.24, 2.45) is 10.8 Å². The van der Waals surface area contributed by atoms with Crippen LogP contribution in [0.15, 0.2) is 47.6 Å². The lowest BCUT2D eigenvalue weighted by molar-refractivity contribution is -0.169. The second kappa shape index (κ2) is 13.4. The topological polar surface area (TPSA) is 222 Å². The number of nitrogens with zero attached hydrogens (tertiary/aromatic N) is 5. The Hall–Kier alpha value is -3.90. The largest absolute Gasteiger partial charge is 0.574 e. The SMILES string of the molecule is CC1CCC(OC(=O)C(C)N/N=[P+](\[O-])Oc2ccc(OC[C@@]3(C#N)O[C@@H](c4ccc5c(N)ncnn45)[C@H](O)[C@@H]3O)cc2)CC1. The van der Waals surface area contributed by atoms with Crippen LogP contribution in [0.2, 0.25) is 0 Å². The van der Waals surface area contributed by atoms with E-state index in [2.05, 4.69) is 27.3 Å². The molecule has 1 saturated heterocycles. The monoisotopic (exact) mass is 627 g/mol. The highest BCUT2D eigenvalue weighted by Gasteiger charge is 2.56. The van der Waals surface area contributed by atoms with Crippen molar-refractivity contribution in [3.8, 4) is 17.6 Å². The van der Waals surface area contributed by atoms with Crippen molar-refractivity contribution in [3.63, 3.8) is 0 Å². The summed E-state index contributed by atoms with van der Waals surface area (Å²) in [6, 6.07) is 10.3. The number of benzene rings is 1. The summed E-state index contributed by atoms with van der Waals surface area (Å²) in [7, 11) is -2.55. The van der Waals surface area contributed by atoms with E-state index in [1.807, 2.05) is 6.07 Å². The summed E-state index contributed by atoms with van der Waals surface area (Å²) < 4.78 is 23.9. The molecule has 2 aliphatic rings. The third-order valence-electron chi connectivity index (χ3n) is 7.83. The number of hydrogen-bond donors (Lipinski definition) is 4. The van der Waals surface area contributed by atoms with Crippen molar-refractivity contribution in [1.29, 1.82) is 5.26 Å². The molecule has 3 aromatic rings. The van der Waals surface area contributed by atoms with Crippen molar-refractivity contribution >= 4 is 25.5 Å². The first-order chi connectivity index (χ1) is 21.1. The van der Waals surface area contributed by atoms with Crippen LogP contribution in [0.4, 0.5) is 5.82 Å². The molecular formula is C28H34N7O8P. The lowest BCUT2D eigenvalue weighted by Gasteiger charge is -2.26. The quantitative estimate of drug-likeness (QED) is 0.143. The van der Waals surface area contributed by atoms with Gasteiger partial charge in [-0.2, -0.15) is 15.8 Å². The van der Waals surface area contributed by atoms with Crippen molar-refractivity contribution in [1.82, 2.24) is 20.0 Å². The maximum absolute atomic E-state index is 12.3. The lowest BCUT2D eigenvalue weighted by atomic mass is 9.89. The van der Waals surface area contributed by atoms with Crippen LogP contribution in [0.5, 0.6) is 11.5 Å². The van der Waals surface area contributed by atoms with Gasteiger partial charge < -0.3 is 35.1 Å². The molecule has 1 saturated carbocycles. The fourth-order valence-electron chi connectivity index (χ4n) is 5.17. The molecule has 2 fully saturated rings. The Balaban J connectivity index is 1.14. The zero-order chi connectivity index (χ0) is 31.4. The summed E-state index contributed by atoms with van der Waals surface area (Å²) in [4.78, 5) is 32.3. The third kappa shape index (κ3) is 6.76. The number of nitrogens with one attached hydrogen (secondary N) is 1. The van der Waals surface area contributed by atoms with Gasteiger partial charge in [0.25, 0.3) is 0 Å². The summed E-state index contributed by atoms with van der Waals surface area (Å²) in [6.45, 7) is 3.33. The van der Waals surface area contributed by atoms with Gasteiger partial charge in [0.15, 0.2) is 11.6 Å². The number of ether oxygens (including phenoxy) is 3. The van der Waals surface area contributed by atoms with Crippen LogP contribution >= 0.6 is 8.17 Å². The first-order valence-electron chi connectivity index (χ1n) is 14.2. The van der Waals surface area contributed by atoms with Crippen LogP contribution in [0.1, 0.15) is 51.3 Å². The summed E-state index contributed by atoms with van der Waals surface area (Å²) in [5, 5.41) is 35.6. The van der Waals surface area contributed by atoms with E-state index in [0.717, 1.165) is 25.7 Å². The van der Waals surface area contributed by atoms with Crippen LogP contribution in [0, 0.1) is 17.2 Å². The van der Waals surface area contributed by atoms with Gasteiger partial charge in [-0.1, -0.05) is 6.92 Å². The van der Waals surface area contributed by atoms with Crippen LogP contribution in [0.3, 0.4) is 0 Å². The maximum Gasteiger partial charge on any atom is 0.412 e. The molecule has 0 radical (unpaired) electrons. The fourth-order valence-corrected chi connectivity index (χ4v) is 5.78. The molecule has 0 bridgehead atoms. The Bertz CT molecular complexity index is 1540. The number of fused-ring (bicyclic) bond motifs is 1. The molecule has 15 nitrogen and oxygen atoms in total. The summed E-state index contributed by atoms with van der Waals surface area (Å²) in [5.74, 6) is 0.878. The number of carbonyl (C=O) groups is 1. The van der Waals surface area contributed by atoms with Crippen molar-refractivity contribution in [2.75, 3.05) is 12.3 Å². The predicted molar refractivity (Wildman–Crippen MR) is 154 cm³/mol. The number of hydrogen-bond acceptors (Lipinski definition) is 13. The number of nitrogen functional groups attached to an aromatic ring is 1. The number of aliphatic hydroxyl groups excluding tert-OH is 2. The summed E-state index contributed by atoms with van der Waals surface area (Å²) >= 11 is 0. The Kier molecular flexibility index (Phi) is 9.59.